The molecule has 0 fully saturated rings. The average molecular weight is 283 g/mol. The molecule has 1 aromatic carbocycles. The zero-order valence-corrected chi connectivity index (χ0v) is 10.8. The lowest BCUT2D eigenvalue weighted by atomic mass is 10.2. The summed E-state index contributed by atoms with van der Waals surface area (Å²) in [4.78, 5) is 10.1. The van der Waals surface area contributed by atoms with E-state index < -0.39 is 11.0 Å². The number of rotatable bonds is 4. The first-order valence-electron chi connectivity index (χ1n) is 5.57. The van der Waals surface area contributed by atoms with Crippen molar-refractivity contribution in [1.29, 1.82) is 0 Å². The normalized spacial score (nSPS) is 12.4. The van der Waals surface area contributed by atoms with Crippen molar-refractivity contribution in [3.8, 4) is 5.69 Å². The van der Waals surface area contributed by atoms with Crippen LogP contribution < -0.4 is 0 Å². The number of nitro benzene ring substituents is 1. The summed E-state index contributed by atoms with van der Waals surface area (Å²) in [5.74, 6) is 0. The summed E-state index contributed by atoms with van der Waals surface area (Å²) in [5.41, 5.74) is 0.814. The van der Waals surface area contributed by atoms with Crippen molar-refractivity contribution in [2.45, 2.75) is 19.4 Å². The van der Waals surface area contributed by atoms with E-state index in [1.54, 1.807) is 6.20 Å². The fraction of sp³-hybridized carbons (Fsp3) is 0.273. The van der Waals surface area contributed by atoms with E-state index in [0.29, 0.717) is 17.8 Å². The number of benzene rings is 1. The predicted octanol–water partition coefficient (Wildman–Crippen LogP) is 2.27. The topological polar surface area (TPSA) is 94.1 Å². The third-order valence-electron chi connectivity index (χ3n) is 2.63. The Bertz CT molecular complexity index is 614. The molecule has 1 N–H and O–H groups in total. The van der Waals surface area contributed by atoms with Crippen LogP contribution in [0.25, 0.3) is 5.69 Å². The van der Waals surface area contributed by atoms with Crippen LogP contribution in [-0.2, 0) is 0 Å². The Morgan fingerprint density at radius 2 is 2.32 bits per heavy atom. The standard InChI is InChI=1S/C11H11ClN4O3/c1-2-11(17)9-6-15(14-13-9)7-3-4-10(16(18)19)8(12)5-7/h3-6,11,17H,2H2,1H3. The summed E-state index contributed by atoms with van der Waals surface area (Å²) in [6.07, 6.45) is 1.41. The van der Waals surface area contributed by atoms with Gasteiger partial charge in [-0.25, -0.2) is 4.68 Å². The summed E-state index contributed by atoms with van der Waals surface area (Å²) in [6.45, 7) is 1.83. The van der Waals surface area contributed by atoms with Crippen molar-refractivity contribution in [2.24, 2.45) is 0 Å². The smallest absolute Gasteiger partial charge is 0.288 e. The highest BCUT2D eigenvalue weighted by Gasteiger charge is 2.15. The van der Waals surface area contributed by atoms with E-state index in [9.17, 15) is 15.2 Å². The van der Waals surface area contributed by atoms with E-state index in [1.165, 1.54) is 22.9 Å². The molecule has 0 amide bonds. The minimum atomic E-state index is -0.678. The van der Waals surface area contributed by atoms with Gasteiger partial charge in [-0.2, -0.15) is 0 Å². The van der Waals surface area contributed by atoms with Gasteiger partial charge < -0.3 is 5.11 Å². The van der Waals surface area contributed by atoms with Crippen molar-refractivity contribution < 1.29 is 10.0 Å². The van der Waals surface area contributed by atoms with Gasteiger partial charge in [0, 0.05) is 6.07 Å². The minimum Gasteiger partial charge on any atom is -0.387 e. The lowest BCUT2D eigenvalue weighted by Crippen LogP contribution is -1.97. The second-order valence-electron chi connectivity index (χ2n) is 3.90. The van der Waals surface area contributed by atoms with Gasteiger partial charge in [-0.3, -0.25) is 10.1 Å². The number of aliphatic hydroxyl groups is 1. The van der Waals surface area contributed by atoms with Crippen molar-refractivity contribution >= 4 is 17.3 Å². The highest BCUT2D eigenvalue weighted by atomic mass is 35.5. The van der Waals surface area contributed by atoms with Gasteiger partial charge in [0.2, 0.25) is 0 Å². The Morgan fingerprint density at radius 3 is 2.89 bits per heavy atom. The summed E-state index contributed by atoms with van der Waals surface area (Å²) in [7, 11) is 0. The van der Waals surface area contributed by atoms with Crippen LogP contribution in [-0.4, -0.2) is 25.0 Å². The van der Waals surface area contributed by atoms with Crippen LogP contribution in [0.15, 0.2) is 24.4 Å². The molecule has 0 aliphatic heterocycles. The highest BCUT2D eigenvalue weighted by Crippen LogP contribution is 2.26. The molecule has 0 aliphatic carbocycles. The summed E-state index contributed by atoms with van der Waals surface area (Å²) in [6, 6.07) is 4.24. The first-order chi connectivity index (χ1) is 9.02. The Morgan fingerprint density at radius 1 is 1.58 bits per heavy atom. The lowest BCUT2D eigenvalue weighted by Gasteiger charge is -2.02. The molecule has 0 bridgehead atoms. The maximum Gasteiger partial charge on any atom is 0.288 e. The van der Waals surface area contributed by atoms with E-state index >= 15 is 0 Å². The van der Waals surface area contributed by atoms with E-state index in [4.69, 9.17) is 11.6 Å². The third kappa shape index (κ3) is 2.72. The van der Waals surface area contributed by atoms with Gasteiger partial charge in [0.15, 0.2) is 0 Å². The molecule has 100 valence electrons. The van der Waals surface area contributed by atoms with Crippen LogP contribution in [0.5, 0.6) is 0 Å². The Labute approximate surface area is 113 Å². The average Bonchev–Trinajstić information content (AvgIpc) is 2.86. The zero-order chi connectivity index (χ0) is 14.0. The molecule has 1 heterocycles. The van der Waals surface area contributed by atoms with Gasteiger partial charge in [-0.15, -0.1) is 5.10 Å². The quantitative estimate of drug-likeness (QED) is 0.686. The van der Waals surface area contributed by atoms with Crippen molar-refractivity contribution in [3.05, 3.63) is 45.2 Å². The van der Waals surface area contributed by atoms with Crippen LogP contribution >= 0.6 is 11.6 Å². The SMILES string of the molecule is CCC(O)c1cn(-c2ccc([N+](=O)[O-])c(Cl)c2)nn1. The molecular weight excluding hydrogens is 272 g/mol. The second-order valence-corrected chi connectivity index (χ2v) is 4.31. The van der Waals surface area contributed by atoms with Crippen molar-refractivity contribution in [2.75, 3.05) is 0 Å². The maximum atomic E-state index is 10.7. The number of hydrogen-bond acceptors (Lipinski definition) is 5. The summed E-state index contributed by atoms with van der Waals surface area (Å²) < 4.78 is 1.41. The van der Waals surface area contributed by atoms with Crippen molar-refractivity contribution in [3.63, 3.8) is 0 Å². The molecule has 0 spiro atoms. The molecule has 2 aromatic rings. The van der Waals surface area contributed by atoms with Crippen LogP contribution in [0.3, 0.4) is 0 Å². The third-order valence-corrected chi connectivity index (χ3v) is 2.93. The van der Waals surface area contributed by atoms with E-state index in [-0.39, 0.29) is 10.7 Å². The maximum absolute atomic E-state index is 10.7. The minimum absolute atomic E-state index is 0.0237. The largest absolute Gasteiger partial charge is 0.387 e. The number of hydrogen-bond donors (Lipinski definition) is 1. The number of halogens is 1. The monoisotopic (exact) mass is 282 g/mol. The van der Waals surface area contributed by atoms with Gasteiger partial charge in [-0.05, 0) is 18.6 Å². The zero-order valence-electron chi connectivity index (χ0n) is 10.0. The van der Waals surface area contributed by atoms with Crippen LogP contribution in [0.2, 0.25) is 5.02 Å². The first kappa shape index (κ1) is 13.4. The molecule has 1 atom stereocenters. The fourth-order valence-corrected chi connectivity index (χ4v) is 1.79. The molecule has 0 radical (unpaired) electrons. The van der Waals surface area contributed by atoms with Crippen LogP contribution in [0, 0.1) is 10.1 Å². The van der Waals surface area contributed by atoms with E-state index in [0.717, 1.165) is 0 Å². The number of nitrogens with zero attached hydrogens (tertiary/aromatic N) is 4. The Hall–Kier alpha value is -1.99. The highest BCUT2D eigenvalue weighted by molar-refractivity contribution is 6.32. The molecule has 7 nitrogen and oxygen atoms in total. The van der Waals surface area contributed by atoms with Gasteiger partial charge in [0.1, 0.15) is 10.7 Å². The lowest BCUT2D eigenvalue weighted by molar-refractivity contribution is -0.384. The second kappa shape index (κ2) is 5.33. The van der Waals surface area contributed by atoms with E-state index in [1.807, 2.05) is 6.92 Å². The first-order valence-corrected chi connectivity index (χ1v) is 5.95. The summed E-state index contributed by atoms with van der Waals surface area (Å²) >= 11 is 5.82. The molecule has 1 aromatic heterocycles. The number of aromatic nitrogens is 3. The Kier molecular flexibility index (Phi) is 3.77. The van der Waals surface area contributed by atoms with E-state index in [2.05, 4.69) is 10.3 Å². The van der Waals surface area contributed by atoms with Crippen molar-refractivity contribution in [1.82, 2.24) is 15.0 Å². The molecule has 0 saturated heterocycles. The molecule has 0 saturated carbocycles. The van der Waals surface area contributed by atoms with Gasteiger partial charge >= 0.3 is 0 Å². The predicted molar refractivity (Wildman–Crippen MR) is 68.3 cm³/mol. The van der Waals surface area contributed by atoms with Crippen LogP contribution in [0.1, 0.15) is 25.1 Å². The molecule has 19 heavy (non-hydrogen) atoms. The molecular formula is C11H11ClN4O3. The fourth-order valence-electron chi connectivity index (χ4n) is 1.55. The number of aliphatic hydroxyl groups excluding tert-OH is 1. The summed E-state index contributed by atoms with van der Waals surface area (Å²) in [5, 5.41) is 28.0. The molecule has 1 unspecified atom stereocenters. The molecule has 8 heteroatoms. The molecule has 2 rings (SSSR count). The van der Waals surface area contributed by atoms with Gasteiger partial charge in [-0.1, -0.05) is 23.7 Å². The Balaban J connectivity index is 2.35. The number of nitro groups is 1. The van der Waals surface area contributed by atoms with Gasteiger partial charge in [0.25, 0.3) is 5.69 Å². The van der Waals surface area contributed by atoms with Gasteiger partial charge in [0.05, 0.1) is 22.9 Å². The molecule has 0 aliphatic rings. The van der Waals surface area contributed by atoms with Crippen LogP contribution in [0.4, 0.5) is 5.69 Å².